The summed E-state index contributed by atoms with van der Waals surface area (Å²) in [7, 11) is 0. The van der Waals surface area contributed by atoms with Crippen molar-refractivity contribution in [1.82, 2.24) is 15.0 Å². The lowest BCUT2D eigenvalue weighted by Crippen LogP contribution is -1.99. The van der Waals surface area contributed by atoms with E-state index in [1.54, 1.807) is 42.5 Å². The molecule has 7 nitrogen and oxygen atoms in total. The highest BCUT2D eigenvalue weighted by Crippen LogP contribution is 2.41. The summed E-state index contributed by atoms with van der Waals surface area (Å²) in [6.45, 7) is 16.9. The van der Waals surface area contributed by atoms with Crippen LogP contribution in [-0.4, -0.2) is 15.0 Å². The van der Waals surface area contributed by atoms with Crippen LogP contribution in [0.3, 0.4) is 0 Å². The highest BCUT2D eigenvalue weighted by atomic mass is 14.8. The van der Waals surface area contributed by atoms with Gasteiger partial charge in [-0.1, -0.05) is 78.9 Å². The molecule has 0 fully saturated rings. The van der Waals surface area contributed by atoms with Gasteiger partial charge in [0.2, 0.25) is 0 Å². The van der Waals surface area contributed by atoms with E-state index in [9.17, 15) is 10.5 Å². The van der Waals surface area contributed by atoms with Crippen molar-refractivity contribution in [2.24, 2.45) is 0 Å². The number of nitriles is 2. The van der Waals surface area contributed by atoms with Crippen molar-refractivity contribution in [3.8, 4) is 57.0 Å². The Bertz CT molecular complexity index is 2850. The predicted molar refractivity (Wildman–Crippen MR) is 201 cm³/mol. The van der Waals surface area contributed by atoms with E-state index in [1.807, 2.05) is 66.7 Å². The zero-order valence-electron chi connectivity index (χ0n) is 27.2. The third kappa shape index (κ3) is 5.35. The fraction of sp³-hybridized carbons (Fsp3) is 0.0227. The number of pyridine rings is 1. The van der Waals surface area contributed by atoms with Crippen LogP contribution in [0.25, 0.3) is 87.3 Å². The van der Waals surface area contributed by atoms with Crippen molar-refractivity contribution in [2.45, 2.75) is 6.92 Å². The maximum atomic E-state index is 9.51. The van der Waals surface area contributed by atoms with Crippen molar-refractivity contribution < 1.29 is 0 Å². The Morgan fingerprint density at radius 2 is 1.10 bits per heavy atom. The molecule has 7 heteroatoms. The van der Waals surface area contributed by atoms with Gasteiger partial charge in [-0.15, -0.1) is 0 Å². The van der Waals surface area contributed by atoms with Gasteiger partial charge in [0.25, 0.3) is 0 Å². The van der Waals surface area contributed by atoms with Gasteiger partial charge < -0.3 is 0 Å². The SMILES string of the molecule is [C-]#[N+]c1ccc(-c2nc3cc(C)c4c(-c5ccc(-c6cc(C#N)cc([N+]#[C-])c6)cc5)nc5ccccc5c4c3nc2-c2ccc(C#N)cc2)cc1. The van der Waals surface area contributed by atoms with E-state index >= 15 is 0 Å². The summed E-state index contributed by atoms with van der Waals surface area (Å²) in [5.41, 5.74) is 11.6. The number of para-hydroxylation sites is 1. The highest BCUT2D eigenvalue weighted by Gasteiger charge is 2.20. The van der Waals surface area contributed by atoms with Gasteiger partial charge in [0.1, 0.15) is 0 Å². The number of hydrogen-bond acceptors (Lipinski definition) is 5. The van der Waals surface area contributed by atoms with Crippen LogP contribution in [-0.2, 0) is 0 Å². The van der Waals surface area contributed by atoms with Gasteiger partial charge >= 0.3 is 0 Å². The van der Waals surface area contributed by atoms with Crippen LogP contribution in [0.1, 0.15) is 16.7 Å². The van der Waals surface area contributed by atoms with Crippen molar-refractivity contribution in [3.05, 3.63) is 161 Å². The molecule has 234 valence electrons. The summed E-state index contributed by atoms with van der Waals surface area (Å²) >= 11 is 0. The molecule has 2 aromatic heterocycles. The monoisotopic (exact) mass is 649 g/mol. The molecule has 0 saturated heterocycles. The largest absolute Gasteiger partial charge is 0.247 e. The Kier molecular flexibility index (Phi) is 7.44. The number of rotatable bonds is 4. The van der Waals surface area contributed by atoms with Gasteiger partial charge in [-0.2, -0.15) is 10.5 Å². The molecular weight excluding hydrogens is 627 g/mol. The Balaban J connectivity index is 1.40. The molecule has 2 heterocycles. The number of hydrogen-bond donors (Lipinski definition) is 0. The summed E-state index contributed by atoms with van der Waals surface area (Å²) in [6, 6.07) is 42.3. The molecule has 0 N–H and O–H groups in total. The maximum absolute atomic E-state index is 9.51. The minimum Gasteiger partial charge on any atom is -0.247 e. The molecule has 51 heavy (non-hydrogen) atoms. The molecule has 0 bridgehead atoms. The van der Waals surface area contributed by atoms with E-state index in [1.165, 1.54) is 0 Å². The Morgan fingerprint density at radius 1 is 0.510 bits per heavy atom. The molecular formula is C44H23N7. The summed E-state index contributed by atoms with van der Waals surface area (Å²) in [5, 5.41) is 21.8. The van der Waals surface area contributed by atoms with Crippen LogP contribution in [0.4, 0.5) is 11.4 Å². The second kappa shape index (κ2) is 12.4. The molecule has 0 aliphatic rings. The Labute approximate surface area is 293 Å². The van der Waals surface area contributed by atoms with Gasteiger partial charge in [0.05, 0.1) is 64.5 Å². The van der Waals surface area contributed by atoms with Gasteiger partial charge in [0, 0.05) is 32.8 Å². The maximum Gasteiger partial charge on any atom is 0.189 e. The van der Waals surface area contributed by atoms with Crippen LogP contribution in [0, 0.1) is 42.7 Å². The Morgan fingerprint density at radius 3 is 1.78 bits per heavy atom. The molecule has 8 aromatic rings. The van der Waals surface area contributed by atoms with Crippen LogP contribution in [0.15, 0.2) is 121 Å². The molecule has 0 saturated carbocycles. The standard InChI is InChI=1S/C44H23N7/c1-26-20-38-44(51-43(31-10-8-27(24-45)9-11-31)42(50-38)32-16-18-34(47-2)19-17-32)40-36-6-4-5-7-37(36)49-41(39(26)40)30-14-12-29(13-15-30)33-21-28(25-46)22-35(23-33)48-3/h4-23H,1H3. The van der Waals surface area contributed by atoms with E-state index in [4.69, 9.17) is 28.1 Å². The zero-order chi connectivity index (χ0) is 35.1. The summed E-state index contributed by atoms with van der Waals surface area (Å²) in [4.78, 5) is 22.9. The van der Waals surface area contributed by atoms with Crippen LogP contribution in [0.5, 0.6) is 0 Å². The average Bonchev–Trinajstić information content (AvgIpc) is 3.19. The summed E-state index contributed by atoms with van der Waals surface area (Å²) < 4.78 is 0. The molecule has 0 aliphatic heterocycles. The number of benzene rings is 6. The van der Waals surface area contributed by atoms with E-state index in [0.29, 0.717) is 33.9 Å². The third-order valence-electron chi connectivity index (χ3n) is 9.02. The zero-order valence-corrected chi connectivity index (χ0v) is 27.2. The Hall–Kier alpha value is -7.71. The van der Waals surface area contributed by atoms with Crippen molar-refractivity contribution in [3.63, 3.8) is 0 Å². The molecule has 6 aromatic carbocycles. The molecule has 0 aliphatic carbocycles. The van der Waals surface area contributed by atoms with E-state index in [0.717, 1.165) is 71.8 Å². The van der Waals surface area contributed by atoms with Crippen LogP contribution >= 0.6 is 0 Å². The molecule has 0 unspecified atom stereocenters. The number of aryl methyl sites for hydroxylation is 1. The minimum atomic E-state index is 0.419. The molecule has 0 atom stereocenters. The lowest BCUT2D eigenvalue weighted by atomic mass is 9.93. The molecule has 0 spiro atoms. The van der Waals surface area contributed by atoms with Gasteiger partial charge in [-0.05, 0) is 71.6 Å². The van der Waals surface area contributed by atoms with Crippen molar-refractivity contribution in [2.75, 3.05) is 0 Å². The normalized spacial score (nSPS) is 10.8. The summed E-state index contributed by atoms with van der Waals surface area (Å²) in [6.07, 6.45) is 0. The van der Waals surface area contributed by atoms with E-state index < -0.39 is 0 Å². The third-order valence-corrected chi connectivity index (χ3v) is 9.02. The number of aromatic nitrogens is 3. The van der Waals surface area contributed by atoms with E-state index in [2.05, 4.69) is 40.9 Å². The smallest absolute Gasteiger partial charge is 0.189 e. The summed E-state index contributed by atoms with van der Waals surface area (Å²) in [5.74, 6) is 0. The first-order chi connectivity index (χ1) is 25.0. The van der Waals surface area contributed by atoms with Gasteiger partial charge in [-0.3, -0.25) is 0 Å². The highest BCUT2D eigenvalue weighted by molar-refractivity contribution is 6.22. The number of nitrogens with zero attached hydrogens (tertiary/aromatic N) is 7. The lowest BCUT2D eigenvalue weighted by molar-refractivity contribution is 1.29. The lowest BCUT2D eigenvalue weighted by Gasteiger charge is -2.17. The second-order valence-corrected chi connectivity index (χ2v) is 12.1. The number of fused-ring (bicyclic) bond motifs is 5. The van der Waals surface area contributed by atoms with Gasteiger partial charge in [0.15, 0.2) is 11.4 Å². The molecule has 0 amide bonds. The average molecular weight is 650 g/mol. The second-order valence-electron chi connectivity index (χ2n) is 12.1. The predicted octanol–water partition coefficient (Wildman–Crippen LogP) is 11.2. The fourth-order valence-electron chi connectivity index (χ4n) is 6.59. The van der Waals surface area contributed by atoms with Crippen molar-refractivity contribution >= 4 is 44.1 Å². The first kappa shape index (κ1) is 30.6. The van der Waals surface area contributed by atoms with Crippen molar-refractivity contribution in [1.29, 1.82) is 10.5 Å². The molecule has 0 radical (unpaired) electrons. The van der Waals surface area contributed by atoms with Crippen LogP contribution in [0.2, 0.25) is 0 Å². The first-order valence-electron chi connectivity index (χ1n) is 16.0. The van der Waals surface area contributed by atoms with E-state index in [-0.39, 0.29) is 0 Å². The fourth-order valence-corrected chi connectivity index (χ4v) is 6.59. The first-order valence-corrected chi connectivity index (χ1v) is 16.0. The van der Waals surface area contributed by atoms with Gasteiger partial charge in [-0.25, -0.2) is 24.6 Å². The minimum absolute atomic E-state index is 0.419. The van der Waals surface area contributed by atoms with Crippen LogP contribution < -0.4 is 0 Å². The topological polar surface area (TPSA) is 95.0 Å². The molecule has 8 rings (SSSR count). The quantitative estimate of drug-likeness (QED) is 0.140.